The first-order valence-electron chi connectivity index (χ1n) is 1.75. The quantitative estimate of drug-likeness (QED) is 0.295. The second-order valence-electron chi connectivity index (χ2n) is 0.862. The minimum absolute atomic E-state index is 0.286. The lowest BCUT2D eigenvalue weighted by Crippen LogP contribution is -2.22. The molecule has 5 nitrogen and oxygen atoms in total. The summed E-state index contributed by atoms with van der Waals surface area (Å²) in [5, 5.41) is 17.3. The highest BCUT2D eigenvalue weighted by molar-refractivity contribution is 5.64. The Morgan fingerprint density at radius 1 is 2.00 bits per heavy atom. The van der Waals surface area contributed by atoms with Gasteiger partial charge in [0, 0.05) is 0 Å². The molecule has 0 radical (unpaired) electrons. The van der Waals surface area contributed by atoms with Crippen LogP contribution < -0.4 is 5.32 Å². The second-order valence-corrected chi connectivity index (χ2v) is 0.862. The Labute approximate surface area is 45.5 Å². The molecule has 0 aliphatic carbocycles. The van der Waals surface area contributed by atoms with E-state index in [1.807, 2.05) is 5.32 Å². The van der Waals surface area contributed by atoms with Crippen LogP contribution >= 0.6 is 0 Å². The predicted molar refractivity (Wildman–Crippen MR) is 22.7 cm³/mol. The van der Waals surface area contributed by atoms with Crippen molar-refractivity contribution in [1.29, 1.82) is 5.26 Å². The second kappa shape index (κ2) is 3.74. The molecule has 0 unspecified atom stereocenters. The van der Waals surface area contributed by atoms with Crippen molar-refractivity contribution in [2.24, 2.45) is 0 Å². The normalized spacial score (nSPS) is 6.88. The number of nitriles is 1. The smallest absolute Gasteiger partial charge is 0.407 e. The summed E-state index contributed by atoms with van der Waals surface area (Å²) in [6.07, 6.45) is 0.0891. The number of carbonyl (C=O) groups is 1. The fourth-order valence-corrected chi connectivity index (χ4v) is 0.130. The van der Waals surface area contributed by atoms with E-state index in [1.54, 1.807) is 0 Å². The van der Waals surface area contributed by atoms with Gasteiger partial charge in [0.15, 0.2) is 6.73 Å². The Morgan fingerprint density at radius 3 is 3.00 bits per heavy atom. The zero-order valence-corrected chi connectivity index (χ0v) is 3.92. The van der Waals surface area contributed by atoms with Crippen LogP contribution in [0.1, 0.15) is 0 Å². The summed E-state index contributed by atoms with van der Waals surface area (Å²) in [4.78, 5) is 9.57. The number of hydrogen-bond acceptors (Lipinski definition) is 3. The molecule has 0 atom stereocenters. The maximum absolute atomic E-state index is 9.57. The molecule has 0 fully saturated rings. The van der Waals surface area contributed by atoms with Crippen LogP contribution in [0.15, 0.2) is 0 Å². The maximum Gasteiger partial charge on any atom is 0.407 e. The highest BCUT2D eigenvalue weighted by atomic mass is 16.5. The molecule has 0 saturated heterocycles. The molecule has 0 aromatic heterocycles. The summed E-state index contributed by atoms with van der Waals surface area (Å²) in [7, 11) is 0. The molecule has 0 saturated carbocycles. The van der Waals surface area contributed by atoms with Crippen molar-refractivity contribution < 1.29 is 14.6 Å². The van der Waals surface area contributed by atoms with Crippen LogP contribution in [0.25, 0.3) is 0 Å². The molecule has 0 aromatic carbocycles. The summed E-state index contributed by atoms with van der Waals surface area (Å²) in [5.41, 5.74) is 0. The molecule has 0 spiro atoms. The van der Waals surface area contributed by atoms with Gasteiger partial charge in [-0.15, -0.1) is 0 Å². The molecule has 8 heavy (non-hydrogen) atoms. The Balaban J connectivity index is 2.97. The Kier molecular flexibility index (Phi) is 3.07. The molecule has 0 aliphatic rings. The summed E-state index contributed by atoms with van der Waals surface area (Å²) in [6, 6.07) is 0. The van der Waals surface area contributed by atoms with Gasteiger partial charge in [0.2, 0.25) is 0 Å². The van der Waals surface area contributed by atoms with Crippen LogP contribution in [0.5, 0.6) is 0 Å². The van der Waals surface area contributed by atoms with E-state index >= 15 is 0 Å². The van der Waals surface area contributed by atoms with Gasteiger partial charge in [-0.3, -0.25) is 5.32 Å². The van der Waals surface area contributed by atoms with Crippen molar-refractivity contribution in [3.8, 4) is 6.26 Å². The average Bonchev–Trinajstić information content (AvgIpc) is 1.66. The Bertz CT molecular complexity index is 116. The van der Waals surface area contributed by atoms with E-state index in [9.17, 15) is 4.79 Å². The summed E-state index contributed by atoms with van der Waals surface area (Å²) in [5.74, 6) is 0. The lowest BCUT2D eigenvalue weighted by Gasteiger charge is -1.92. The van der Waals surface area contributed by atoms with E-state index in [0.717, 1.165) is 0 Å². The highest BCUT2D eigenvalue weighted by Crippen LogP contribution is 1.62. The third-order valence-electron chi connectivity index (χ3n) is 0.360. The van der Waals surface area contributed by atoms with Crippen molar-refractivity contribution in [1.82, 2.24) is 5.32 Å². The van der Waals surface area contributed by atoms with Crippen molar-refractivity contribution in [3.05, 3.63) is 0 Å². The van der Waals surface area contributed by atoms with Crippen molar-refractivity contribution in [3.63, 3.8) is 0 Å². The van der Waals surface area contributed by atoms with E-state index in [0.29, 0.717) is 0 Å². The van der Waals surface area contributed by atoms with E-state index in [4.69, 9.17) is 10.4 Å². The number of nitrogens with zero attached hydrogens (tertiary/aromatic N) is 1. The molecule has 0 aliphatic heterocycles. The number of hydrogen-bond donors (Lipinski definition) is 2. The third-order valence-corrected chi connectivity index (χ3v) is 0.360. The molecule has 2 N–H and O–H groups in total. The molecule has 0 rings (SSSR count). The summed E-state index contributed by atoms with van der Waals surface area (Å²) < 4.78 is 3.96. The molecule has 1 amide bonds. The van der Waals surface area contributed by atoms with Crippen LogP contribution in [0, 0.1) is 11.5 Å². The third kappa shape index (κ3) is 4.56. The first-order valence-corrected chi connectivity index (χ1v) is 1.75. The first-order chi connectivity index (χ1) is 3.77. The first kappa shape index (κ1) is 6.56. The van der Waals surface area contributed by atoms with E-state index < -0.39 is 6.09 Å². The van der Waals surface area contributed by atoms with Gasteiger partial charge in [-0.1, -0.05) is 0 Å². The molecule has 5 heteroatoms. The number of amides is 1. The van der Waals surface area contributed by atoms with Crippen LogP contribution in [0.4, 0.5) is 4.79 Å². The van der Waals surface area contributed by atoms with Crippen LogP contribution in [-0.2, 0) is 4.74 Å². The van der Waals surface area contributed by atoms with Crippen LogP contribution in [-0.4, -0.2) is 17.9 Å². The number of ether oxygens (including phenoxy) is 1. The molecular weight excluding hydrogens is 112 g/mol. The molecule has 0 aromatic rings. The molecular formula is C3H4N2O3. The lowest BCUT2D eigenvalue weighted by atomic mass is 11.1. The molecule has 0 bridgehead atoms. The molecule has 44 valence electrons. The zero-order valence-electron chi connectivity index (χ0n) is 3.92. The van der Waals surface area contributed by atoms with Crippen LogP contribution in [0.2, 0.25) is 0 Å². The minimum atomic E-state index is -1.21. The fraction of sp³-hybridized carbons (Fsp3) is 0.333. The van der Waals surface area contributed by atoms with Crippen molar-refractivity contribution in [2.75, 3.05) is 6.73 Å². The average molecular weight is 116 g/mol. The lowest BCUT2D eigenvalue weighted by molar-refractivity contribution is 0.173. The van der Waals surface area contributed by atoms with Gasteiger partial charge in [0.1, 0.15) is 0 Å². The van der Waals surface area contributed by atoms with Crippen molar-refractivity contribution in [2.45, 2.75) is 0 Å². The van der Waals surface area contributed by atoms with Gasteiger partial charge in [-0.25, -0.2) is 4.79 Å². The number of rotatable bonds is 2. The largest absolute Gasteiger partial charge is 0.465 e. The van der Waals surface area contributed by atoms with Gasteiger partial charge in [-0.05, 0) is 0 Å². The van der Waals surface area contributed by atoms with E-state index in [1.165, 1.54) is 6.26 Å². The number of carboxylic acid groups (broad SMARTS) is 1. The predicted octanol–water partition coefficient (Wildman–Crippen LogP) is -0.291. The van der Waals surface area contributed by atoms with E-state index in [-0.39, 0.29) is 6.73 Å². The van der Waals surface area contributed by atoms with Crippen molar-refractivity contribution >= 4 is 6.09 Å². The maximum atomic E-state index is 9.57. The van der Waals surface area contributed by atoms with Gasteiger partial charge < -0.3 is 9.84 Å². The fourth-order valence-electron chi connectivity index (χ4n) is 0.130. The van der Waals surface area contributed by atoms with Gasteiger partial charge in [0.25, 0.3) is 6.26 Å². The van der Waals surface area contributed by atoms with E-state index in [2.05, 4.69) is 4.74 Å². The Morgan fingerprint density at radius 2 is 2.62 bits per heavy atom. The Hall–Kier alpha value is -1.44. The summed E-state index contributed by atoms with van der Waals surface area (Å²) in [6.45, 7) is -0.286. The molecule has 0 heterocycles. The minimum Gasteiger partial charge on any atom is -0.465 e. The highest BCUT2D eigenvalue weighted by Gasteiger charge is 1.88. The summed E-state index contributed by atoms with van der Waals surface area (Å²) >= 11 is 0. The van der Waals surface area contributed by atoms with Gasteiger partial charge >= 0.3 is 6.09 Å². The van der Waals surface area contributed by atoms with Gasteiger partial charge in [-0.2, -0.15) is 5.26 Å². The number of nitrogens with one attached hydrogen (secondary N) is 1. The van der Waals surface area contributed by atoms with Gasteiger partial charge in [0.05, 0.1) is 0 Å². The SMILES string of the molecule is N#COCNC(=O)O. The van der Waals surface area contributed by atoms with Crippen LogP contribution in [0.3, 0.4) is 0 Å². The topological polar surface area (TPSA) is 82.3 Å². The zero-order chi connectivity index (χ0) is 6.41. The monoisotopic (exact) mass is 116 g/mol. The standard InChI is InChI=1S/C3H4N2O3/c4-1-8-2-5-3(6)7/h5H,2H2,(H,6,7).